The maximum absolute atomic E-state index is 10.5. The van der Waals surface area contributed by atoms with E-state index in [9.17, 15) is 4.79 Å². The molecule has 1 aliphatic rings. The molecule has 1 heterocycles. The average Bonchev–Trinajstić information content (AvgIpc) is 2.83. The van der Waals surface area contributed by atoms with Crippen molar-refractivity contribution < 1.29 is 9.90 Å². The molecule has 0 spiro atoms. The summed E-state index contributed by atoms with van der Waals surface area (Å²) in [6.45, 7) is 0. The molecular formula is C8H10N2O2S. The number of hydrogen-bond acceptors (Lipinski definition) is 4. The topological polar surface area (TPSA) is 76.2 Å². The molecule has 1 aliphatic carbocycles. The van der Waals surface area contributed by atoms with Gasteiger partial charge in [-0.1, -0.05) is 0 Å². The van der Waals surface area contributed by atoms with Crippen molar-refractivity contribution in [1.29, 1.82) is 0 Å². The third-order valence-electron chi connectivity index (χ3n) is 2.05. The lowest BCUT2D eigenvalue weighted by molar-refractivity contribution is -0.138. The summed E-state index contributed by atoms with van der Waals surface area (Å²) < 4.78 is 0. The van der Waals surface area contributed by atoms with Crippen molar-refractivity contribution >= 4 is 17.3 Å². The third kappa shape index (κ3) is 1.71. The molecule has 1 atom stereocenters. The zero-order valence-corrected chi connectivity index (χ0v) is 7.75. The van der Waals surface area contributed by atoms with Crippen molar-refractivity contribution in [3.05, 3.63) is 16.1 Å². The first-order valence-corrected chi connectivity index (χ1v) is 5.00. The van der Waals surface area contributed by atoms with E-state index in [-0.39, 0.29) is 0 Å². The fraction of sp³-hybridized carbons (Fsp3) is 0.500. The first-order chi connectivity index (χ1) is 6.18. The normalized spacial score (nSPS) is 18.5. The van der Waals surface area contributed by atoms with Crippen LogP contribution in [0.5, 0.6) is 0 Å². The van der Waals surface area contributed by atoms with Gasteiger partial charge in [0.15, 0.2) is 0 Å². The van der Waals surface area contributed by atoms with Crippen LogP contribution in [0.4, 0.5) is 0 Å². The molecule has 3 N–H and O–H groups in total. The zero-order chi connectivity index (χ0) is 9.42. The molecule has 1 fully saturated rings. The summed E-state index contributed by atoms with van der Waals surface area (Å²) in [5.74, 6) is -0.451. The maximum Gasteiger partial charge on any atom is 0.326 e. The number of rotatable bonds is 3. The highest BCUT2D eigenvalue weighted by molar-refractivity contribution is 7.09. The molecule has 70 valence electrons. The first-order valence-electron chi connectivity index (χ1n) is 4.12. The van der Waals surface area contributed by atoms with Gasteiger partial charge in [0.2, 0.25) is 0 Å². The van der Waals surface area contributed by atoms with Gasteiger partial charge < -0.3 is 10.8 Å². The van der Waals surface area contributed by atoms with Gasteiger partial charge in [-0.25, -0.2) is 4.98 Å². The van der Waals surface area contributed by atoms with Gasteiger partial charge in [-0.15, -0.1) is 11.3 Å². The molecule has 0 saturated heterocycles. The third-order valence-corrected chi connectivity index (χ3v) is 3.08. The molecule has 2 rings (SSSR count). The van der Waals surface area contributed by atoms with E-state index in [2.05, 4.69) is 4.98 Å². The summed E-state index contributed by atoms with van der Waals surface area (Å²) >= 11 is 1.51. The summed E-state index contributed by atoms with van der Waals surface area (Å²) in [5, 5.41) is 11.4. The van der Waals surface area contributed by atoms with E-state index < -0.39 is 12.0 Å². The molecule has 0 aromatic carbocycles. The Hall–Kier alpha value is -0.940. The van der Waals surface area contributed by atoms with Crippen LogP contribution in [0, 0.1) is 0 Å². The summed E-state index contributed by atoms with van der Waals surface area (Å²) in [4.78, 5) is 14.7. The van der Waals surface area contributed by atoms with Crippen molar-refractivity contribution in [2.75, 3.05) is 0 Å². The highest BCUT2D eigenvalue weighted by Crippen LogP contribution is 2.41. The Morgan fingerprint density at radius 2 is 2.46 bits per heavy atom. The van der Waals surface area contributed by atoms with Crippen LogP contribution in [-0.4, -0.2) is 16.1 Å². The number of aliphatic carboxylic acids is 1. The van der Waals surface area contributed by atoms with Gasteiger partial charge in [0, 0.05) is 11.3 Å². The van der Waals surface area contributed by atoms with Gasteiger partial charge in [-0.3, -0.25) is 4.79 Å². The Labute approximate surface area is 79.4 Å². The van der Waals surface area contributed by atoms with Crippen LogP contribution in [0.1, 0.15) is 35.5 Å². The molecule has 1 saturated carbocycles. The monoisotopic (exact) mass is 198 g/mol. The minimum Gasteiger partial charge on any atom is -0.480 e. The second-order valence-corrected chi connectivity index (χ2v) is 4.09. The number of nitrogens with two attached hydrogens (primary N) is 1. The van der Waals surface area contributed by atoms with Gasteiger partial charge in [0.1, 0.15) is 6.04 Å². The molecule has 13 heavy (non-hydrogen) atoms. The van der Waals surface area contributed by atoms with Gasteiger partial charge in [0.05, 0.1) is 10.7 Å². The van der Waals surface area contributed by atoms with Gasteiger partial charge >= 0.3 is 5.97 Å². The molecule has 5 heteroatoms. The smallest absolute Gasteiger partial charge is 0.326 e. The Bertz CT molecular complexity index is 333. The number of thiazole rings is 1. The van der Waals surface area contributed by atoms with Crippen molar-refractivity contribution in [3.8, 4) is 0 Å². The Morgan fingerprint density at radius 1 is 1.77 bits per heavy atom. The predicted octanol–water partition coefficient (Wildman–Crippen LogP) is 1.10. The Morgan fingerprint density at radius 3 is 3.00 bits per heavy atom. The van der Waals surface area contributed by atoms with E-state index in [1.54, 1.807) is 5.38 Å². The first kappa shape index (κ1) is 8.65. The van der Waals surface area contributed by atoms with Crippen LogP contribution in [0.3, 0.4) is 0 Å². The highest BCUT2D eigenvalue weighted by atomic mass is 32.1. The van der Waals surface area contributed by atoms with Crippen LogP contribution in [0.2, 0.25) is 0 Å². The van der Waals surface area contributed by atoms with Crippen LogP contribution < -0.4 is 5.73 Å². The number of carbonyl (C=O) groups is 1. The maximum atomic E-state index is 10.5. The number of carboxylic acid groups (broad SMARTS) is 1. The summed E-state index contributed by atoms with van der Waals surface area (Å²) in [5.41, 5.74) is 5.90. The van der Waals surface area contributed by atoms with Crippen molar-refractivity contribution in [2.45, 2.75) is 24.8 Å². The van der Waals surface area contributed by atoms with Crippen molar-refractivity contribution in [3.63, 3.8) is 0 Å². The van der Waals surface area contributed by atoms with Gasteiger partial charge in [-0.05, 0) is 12.8 Å². The minimum atomic E-state index is -1.02. The zero-order valence-electron chi connectivity index (χ0n) is 6.93. The summed E-state index contributed by atoms with van der Waals surface area (Å²) in [7, 11) is 0. The standard InChI is InChI=1S/C8H10N2O2S/c9-6(8(11)12)5-3-13-7(10-5)4-1-2-4/h3-4,6H,1-2,9H2,(H,11,12). The van der Waals surface area contributed by atoms with Crippen LogP contribution in [0.25, 0.3) is 0 Å². The molecule has 4 nitrogen and oxygen atoms in total. The molecular weight excluding hydrogens is 188 g/mol. The summed E-state index contributed by atoms with van der Waals surface area (Å²) in [6.07, 6.45) is 2.35. The molecule has 0 aliphatic heterocycles. The van der Waals surface area contributed by atoms with Crippen LogP contribution in [0.15, 0.2) is 5.38 Å². The SMILES string of the molecule is NC(C(=O)O)c1csc(C2CC2)n1. The lowest BCUT2D eigenvalue weighted by Gasteiger charge is -2.00. The van der Waals surface area contributed by atoms with Crippen LogP contribution in [-0.2, 0) is 4.79 Å². The number of hydrogen-bond donors (Lipinski definition) is 2. The number of nitrogens with zero attached hydrogens (tertiary/aromatic N) is 1. The van der Waals surface area contributed by atoms with E-state index in [4.69, 9.17) is 10.8 Å². The van der Waals surface area contributed by atoms with E-state index in [1.807, 2.05) is 0 Å². The minimum absolute atomic E-state index is 0.486. The molecule has 1 aromatic heterocycles. The Kier molecular flexibility index (Phi) is 2.05. The van der Waals surface area contributed by atoms with Gasteiger partial charge in [-0.2, -0.15) is 0 Å². The predicted molar refractivity (Wildman–Crippen MR) is 48.7 cm³/mol. The number of aromatic nitrogens is 1. The van der Waals surface area contributed by atoms with Gasteiger partial charge in [0.25, 0.3) is 0 Å². The molecule has 1 aromatic rings. The lowest BCUT2D eigenvalue weighted by Crippen LogP contribution is -2.20. The lowest BCUT2D eigenvalue weighted by atomic mass is 10.2. The molecule has 0 radical (unpaired) electrons. The fourth-order valence-electron chi connectivity index (χ4n) is 1.09. The highest BCUT2D eigenvalue weighted by Gasteiger charge is 2.28. The second kappa shape index (κ2) is 3.08. The van der Waals surface area contributed by atoms with Crippen molar-refractivity contribution in [2.24, 2.45) is 5.73 Å². The largest absolute Gasteiger partial charge is 0.480 e. The average molecular weight is 198 g/mol. The molecule has 1 unspecified atom stereocenters. The van der Waals surface area contributed by atoms with E-state index >= 15 is 0 Å². The molecule has 0 amide bonds. The summed E-state index contributed by atoms with van der Waals surface area (Å²) in [6, 6.07) is -0.969. The van der Waals surface area contributed by atoms with Crippen molar-refractivity contribution in [1.82, 2.24) is 4.98 Å². The number of carboxylic acids is 1. The second-order valence-electron chi connectivity index (χ2n) is 3.20. The van der Waals surface area contributed by atoms with E-state index in [1.165, 1.54) is 24.2 Å². The quantitative estimate of drug-likeness (QED) is 0.762. The molecule has 0 bridgehead atoms. The van der Waals surface area contributed by atoms with E-state index in [0.717, 1.165) is 5.01 Å². The fourth-order valence-corrected chi connectivity index (χ4v) is 2.11. The van der Waals surface area contributed by atoms with E-state index in [0.29, 0.717) is 11.6 Å². The Balaban J connectivity index is 2.16. The van der Waals surface area contributed by atoms with Crippen LogP contribution >= 0.6 is 11.3 Å².